The molecule has 8 heteroatoms. The predicted octanol–water partition coefficient (Wildman–Crippen LogP) is 2.15. The Labute approximate surface area is 132 Å². The van der Waals surface area contributed by atoms with Crippen molar-refractivity contribution in [2.24, 2.45) is 0 Å². The van der Waals surface area contributed by atoms with E-state index in [0.717, 1.165) is 31.8 Å². The molecule has 1 fully saturated rings. The van der Waals surface area contributed by atoms with Crippen molar-refractivity contribution in [3.8, 4) is 0 Å². The molecule has 0 N–H and O–H groups in total. The molecule has 0 bridgehead atoms. The van der Waals surface area contributed by atoms with Gasteiger partial charge in [0.25, 0.3) is 5.91 Å². The van der Waals surface area contributed by atoms with Gasteiger partial charge in [-0.15, -0.1) is 0 Å². The van der Waals surface area contributed by atoms with E-state index in [1.807, 2.05) is 0 Å². The van der Waals surface area contributed by atoms with Crippen molar-refractivity contribution in [1.29, 1.82) is 0 Å². The van der Waals surface area contributed by atoms with Gasteiger partial charge in [-0.05, 0) is 25.0 Å². The molecule has 1 aromatic rings. The Morgan fingerprint density at radius 1 is 1.26 bits per heavy atom. The van der Waals surface area contributed by atoms with Crippen LogP contribution in [0.4, 0.5) is 5.88 Å². The normalized spacial score (nSPS) is 15.4. The van der Waals surface area contributed by atoms with Crippen molar-refractivity contribution >= 4 is 23.8 Å². The Kier molecular flexibility index (Phi) is 5.90. The SMILES string of the molecule is O=C(/C=C/c1ccc([N+](=O)[O-])o1)OCC(=O)N1CCCCCC1. The maximum Gasteiger partial charge on any atom is 0.433 e. The number of carbonyl (C=O) groups is 2. The van der Waals surface area contributed by atoms with E-state index < -0.39 is 16.8 Å². The van der Waals surface area contributed by atoms with Crippen LogP contribution >= 0.6 is 0 Å². The summed E-state index contributed by atoms with van der Waals surface area (Å²) in [5, 5.41) is 10.5. The zero-order valence-corrected chi connectivity index (χ0v) is 12.6. The van der Waals surface area contributed by atoms with Gasteiger partial charge < -0.3 is 14.1 Å². The van der Waals surface area contributed by atoms with Gasteiger partial charge in [-0.3, -0.25) is 14.9 Å². The summed E-state index contributed by atoms with van der Waals surface area (Å²) in [5.74, 6) is -1.16. The first-order valence-electron chi connectivity index (χ1n) is 7.43. The molecule has 0 radical (unpaired) electrons. The molecule has 124 valence electrons. The van der Waals surface area contributed by atoms with Gasteiger partial charge in [-0.25, -0.2) is 4.79 Å². The van der Waals surface area contributed by atoms with Crippen LogP contribution in [0.15, 0.2) is 22.6 Å². The molecule has 1 aliphatic heterocycles. The number of carbonyl (C=O) groups excluding carboxylic acids is 2. The second-order valence-corrected chi connectivity index (χ2v) is 5.17. The summed E-state index contributed by atoms with van der Waals surface area (Å²) in [6, 6.07) is 2.55. The maximum atomic E-state index is 11.9. The molecule has 0 spiro atoms. The molecule has 2 rings (SSSR count). The van der Waals surface area contributed by atoms with Gasteiger partial charge in [0.2, 0.25) is 0 Å². The molecular formula is C15H18N2O6. The van der Waals surface area contributed by atoms with Crippen molar-refractivity contribution in [1.82, 2.24) is 4.90 Å². The quantitative estimate of drug-likeness (QED) is 0.356. The number of likely N-dealkylation sites (tertiary alicyclic amines) is 1. The van der Waals surface area contributed by atoms with Gasteiger partial charge in [0.1, 0.15) is 10.7 Å². The van der Waals surface area contributed by atoms with Gasteiger partial charge in [-0.2, -0.15) is 0 Å². The molecular weight excluding hydrogens is 304 g/mol. The molecule has 23 heavy (non-hydrogen) atoms. The number of ether oxygens (including phenoxy) is 1. The molecule has 1 amide bonds. The monoisotopic (exact) mass is 322 g/mol. The second-order valence-electron chi connectivity index (χ2n) is 5.17. The lowest BCUT2D eigenvalue weighted by molar-refractivity contribution is -0.402. The highest BCUT2D eigenvalue weighted by atomic mass is 16.6. The molecule has 0 atom stereocenters. The predicted molar refractivity (Wildman–Crippen MR) is 80.4 cm³/mol. The summed E-state index contributed by atoms with van der Waals surface area (Å²) in [7, 11) is 0. The smallest absolute Gasteiger partial charge is 0.433 e. The summed E-state index contributed by atoms with van der Waals surface area (Å²) in [6.45, 7) is 1.09. The van der Waals surface area contributed by atoms with Crippen LogP contribution in [-0.4, -0.2) is 41.4 Å². The van der Waals surface area contributed by atoms with E-state index in [9.17, 15) is 19.7 Å². The Balaban J connectivity index is 1.78. The van der Waals surface area contributed by atoms with Gasteiger partial charge in [0.05, 0.1) is 6.07 Å². The number of nitrogens with zero attached hydrogens (tertiary/aromatic N) is 2. The molecule has 1 aromatic heterocycles. The van der Waals surface area contributed by atoms with Crippen LogP contribution < -0.4 is 0 Å². The standard InChI is InChI=1S/C15H18N2O6/c18-13(16-9-3-1-2-4-10-16)11-22-15(19)8-6-12-5-7-14(23-12)17(20)21/h5-8H,1-4,9-11H2/b8-6+. The van der Waals surface area contributed by atoms with E-state index in [0.29, 0.717) is 13.1 Å². The van der Waals surface area contributed by atoms with Crippen LogP contribution in [0.5, 0.6) is 0 Å². The van der Waals surface area contributed by atoms with Crippen LogP contribution in [0.25, 0.3) is 6.08 Å². The average molecular weight is 322 g/mol. The fraction of sp³-hybridized carbons (Fsp3) is 0.467. The minimum Gasteiger partial charge on any atom is -0.452 e. The zero-order valence-electron chi connectivity index (χ0n) is 12.6. The fourth-order valence-corrected chi connectivity index (χ4v) is 2.27. The first kappa shape index (κ1) is 16.7. The van der Waals surface area contributed by atoms with Crippen molar-refractivity contribution in [2.45, 2.75) is 25.7 Å². The van der Waals surface area contributed by atoms with Gasteiger partial charge >= 0.3 is 11.9 Å². The number of nitro groups is 1. The third kappa shape index (κ3) is 5.24. The number of amides is 1. The lowest BCUT2D eigenvalue weighted by atomic mass is 10.2. The van der Waals surface area contributed by atoms with Crippen molar-refractivity contribution in [3.05, 3.63) is 34.1 Å². The molecule has 1 saturated heterocycles. The number of esters is 1. The molecule has 0 saturated carbocycles. The molecule has 0 aliphatic carbocycles. The highest BCUT2D eigenvalue weighted by molar-refractivity contribution is 5.89. The maximum absolute atomic E-state index is 11.9. The molecule has 2 heterocycles. The largest absolute Gasteiger partial charge is 0.452 e. The Morgan fingerprint density at radius 2 is 1.96 bits per heavy atom. The van der Waals surface area contributed by atoms with E-state index in [1.165, 1.54) is 18.2 Å². The van der Waals surface area contributed by atoms with Crippen LogP contribution in [0.1, 0.15) is 31.4 Å². The topological polar surface area (TPSA) is 103 Å². The number of hydrogen-bond acceptors (Lipinski definition) is 6. The first-order chi connectivity index (χ1) is 11.1. The van der Waals surface area contributed by atoms with E-state index in [4.69, 9.17) is 9.15 Å². The van der Waals surface area contributed by atoms with E-state index >= 15 is 0 Å². The summed E-state index contributed by atoms with van der Waals surface area (Å²) in [4.78, 5) is 35.0. The van der Waals surface area contributed by atoms with Gasteiger partial charge in [0, 0.05) is 19.2 Å². The molecule has 8 nitrogen and oxygen atoms in total. The van der Waals surface area contributed by atoms with Crippen LogP contribution in [-0.2, 0) is 14.3 Å². The van der Waals surface area contributed by atoms with Crippen molar-refractivity contribution in [3.63, 3.8) is 0 Å². The lowest BCUT2D eigenvalue weighted by Gasteiger charge is -2.19. The molecule has 0 aromatic carbocycles. The average Bonchev–Trinajstić information content (AvgIpc) is 2.84. The molecule has 0 unspecified atom stereocenters. The summed E-state index contributed by atoms with van der Waals surface area (Å²) >= 11 is 0. The highest BCUT2D eigenvalue weighted by Crippen LogP contribution is 2.16. The minimum atomic E-state index is -0.702. The van der Waals surface area contributed by atoms with Crippen LogP contribution in [0.3, 0.4) is 0 Å². The summed E-state index contributed by atoms with van der Waals surface area (Å²) in [5.41, 5.74) is 0. The minimum absolute atomic E-state index is 0.160. The van der Waals surface area contributed by atoms with Crippen LogP contribution in [0, 0.1) is 10.1 Å². The first-order valence-corrected chi connectivity index (χ1v) is 7.43. The van der Waals surface area contributed by atoms with E-state index in [1.54, 1.807) is 4.90 Å². The zero-order chi connectivity index (χ0) is 16.7. The van der Waals surface area contributed by atoms with Crippen molar-refractivity contribution in [2.75, 3.05) is 19.7 Å². The van der Waals surface area contributed by atoms with Gasteiger partial charge in [-0.1, -0.05) is 12.8 Å². The Bertz CT molecular complexity index is 599. The lowest BCUT2D eigenvalue weighted by Crippen LogP contribution is -2.35. The second kappa shape index (κ2) is 8.11. The third-order valence-corrected chi connectivity index (χ3v) is 3.47. The van der Waals surface area contributed by atoms with E-state index in [-0.39, 0.29) is 18.3 Å². The number of hydrogen-bond donors (Lipinski definition) is 0. The van der Waals surface area contributed by atoms with Crippen molar-refractivity contribution < 1.29 is 23.7 Å². The Morgan fingerprint density at radius 3 is 2.57 bits per heavy atom. The highest BCUT2D eigenvalue weighted by Gasteiger charge is 2.16. The Hall–Kier alpha value is -2.64. The third-order valence-electron chi connectivity index (χ3n) is 3.47. The number of rotatable bonds is 5. The number of furan rings is 1. The summed E-state index contributed by atoms with van der Waals surface area (Å²) < 4.78 is 9.74. The summed E-state index contributed by atoms with van der Waals surface area (Å²) in [6.07, 6.45) is 6.49. The van der Waals surface area contributed by atoms with E-state index in [2.05, 4.69) is 0 Å². The van der Waals surface area contributed by atoms with Gasteiger partial charge in [0.15, 0.2) is 6.61 Å². The molecule has 1 aliphatic rings. The fourth-order valence-electron chi connectivity index (χ4n) is 2.27. The van der Waals surface area contributed by atoms with Crippen LogP contribution in [0.2, 0.25) is 0 Å².